The van der Waals surface area contributed by atoms with E-state index in [1.165, 1.54) is 4.88 Å². The molecule has 0 saturated heterocycles. The van der Waals surface area contributed by atoms with E-state index < -0.39 is 0 Å². The van der Waals surface area contributed by atoms with E-state index in [1.807, 2.05) is 25.3 Å². The van der Waals surface area contributed by atoms with Gasteiger partial charge in [-0.2, -0.15) is 0 Å². The first-order valence-corrected chi connectivity index (χ1v) is 8.37. The van der Waals surface area contributed by atoms with Crippen molar-refractivity contribution in [3.63, 3.8) is 0 Å². The van der Waals surface area contributed by atoms with E-state index in [-0.39, 0.29) is 35.9 Å². The second kappa shape index (κ2) is 12.7. The Hall–Kier alpha value is -0.830. The lowest BCUT2D eigenvalue weighted by Gasteiger charge is -2.13. The molecule has 7 heteroatoms. The van der Waals surface area contributed by atoms with Crippen LogP contribution in [0.25, 0.3) is 0 Å². The predicted octanol–water partition coefficient (Wildman–Crippen LogP) is 2.73. The highest BCUT2D eigenvalue weighted by Gasteiger charge is 2.05. The van der Waals surface area contributed by atoms with Gasteiger partial charge in [0.05, 0.1) is 6.54 Å². The molecule has 0 spiro atoms. The number of hydrogen-bond donors (Lipinski definition) is 3. The summed E-state index contributed by atoms with van der Waals surface area (Å²) in [4.78, 5) is 17.4. The van der Waals surface area contributed by atoms with Gasteiger partial charge in [0.15, 0.2) is 5.96 Å². The van der Waals surface area contributed by atoms with Gasteiger partial charge in [0, 0.05) is 30.4 Å². The molecule has 0 bridgehead atoms. The van der Waals surface area contributed by atoms with Crippen LogP contribution in [0.5, 0.6) is 0 Å². The zero-order valence-corrected chi connectivity index (χ0v) is 16.7. The lowest BCUT2D eigenvalue weighted by molar-refractivity contribution is -0.121. The molecular formula is C15H27IN4OS. The standard InChI is InChI=1S/C15H26N4OS.HI/c1-4-12(3)19-14(20)8-9-17-15(16-5-2)18-11-13-7-6-10-21-13;/h6-7,10,12H,4-5,8-9,11H2,1-3H3,(H,19,20)(H2,16,17,18);1H. The van der Waals surface area contributed by atoms with Crippen LogP contribution in [0.1, 0.15) is 38.5 Å². The van der Waals surface area contributed by atoms with Crippen molar-refractivity contribution in [2.45, 2.75) is 46.2 Å². The number of nitrogens with zero attached hydrogens (tertiary/aromatic N) is 1. The van der Waals surface area contributed by atoms with Crippen molar-refractivity contribution in [2.24, 2.45) is 4.99 Å². The Morgan fingerprint density at radius 1 is 1.36 bits per heavy atom. The van der Waals surface area contributed by atoms with Gasteiger partial charge >= 0.3 is 0 Å². The summed E-state index contributed by atoms with van der Waals surface area (Å²) in [5, 5.41) is 11.4. The predicted molar refractivity (Wildman–Crippen MR) is 105 cm³/mol. The van der Waals surface area contributed by atoms with Gasteiger partial charge in [0.1, 0.15) is 0 Å². The summed E-state index contributed by atoms with van der Waals surface area (Å²) in [5.41, 5.74) is 0. The van der Waals surface area contributed by atoms with Crippen molar-refractivity contribution in [1.29, 1.82) is 0 Å². The molecule has 22 heavy (non-hydrogen) atoms. The number of amides is 1. The van der Waals surface area contributed by atoms with Gasteiger partial charge in [-0.1, -0.05) is 13.0 Å². The SMILES string of the molecule is CCNC(=NCc1cccs1)NCCC(=O)NC(C)CC.I. The normalized spacial score (nSPS) is 12.2. The highest BCUT2D eigenvalue weighted by atomic mass is 127. The molecule has 0 fully saturated rings. The molecule has 1 aromatic heterocycles. The first-order chi connectivity index (χ1) is 10.2. The van der Waals surface area contributed by atoms with E-state index in [2.05, 4.69) is 33.9 Å². The maximum absolute atomic E-state index is 11.7. The van der Waals surface area contributed by atoms with Crippen LogP contribution in [0.2, 0.25) is 0 Å². The number of rotatable bonds is 8. The summed E-state index contributed by atoms with van der Waals surface area (Å²) >= 11 is 1.69. The van der Waals surface area contributed by atoms with E-state index in [0.717, 1.165) is 18.9 Å². The van der Waals surface area contributed by atoms with Crippen LogP contribution >= 0.6 is 35.3 Å². The highest BCUT2D eigenvalue weighted by molar-refractivity contribution is 14.0. The molecule has 0 aromatic carbocycles. The summed E-state index contributed by atoms with van der Waals surface area (Å²) < 4.78 is 0. The molecule has 3 N–H and O–H groups in total. The molecule has 1 rings (SSSR count). The summed E-state index contributed by atoms with van der Waals surface area (Å²) in [7, 11) is 0. The van der Waals surface area contributed by atoms with E-state index in [1.54, 1.807) is 11.3 Å². The van der Waals surface area contributed by atoms with Crippen LogP contribution in [0.15, 0.2) is 22.5 Å². The second-order valence-electron chi connectivity index (χ2n) is 4.83. The van der Waals surface area contributed by atoms with Crippen molar-refractivity contribution in [3.05, 3.63) is 22.4 Å². The summed E-state index contributed by atoms with van der Waals surface area (Å²) in [6, 6.07) is 4.32. The molecule has 5 nitrogen and oxygen atoms in total. The average molecular weight is 438 g/mol. The number of guanidine groups is 1. The fourth-order valence-corrected chi connectivity index (χ4v) is 2.27. The van der Waals surface area contributed by atoms with Crippen molar-refractivity contribution >= 4 is 47.2 Å². The third-order valence-electron chi connectivity index (χ3n) is 2.98. The van der Waals surface area contributed by atoms with Crippen LogP contribution in [0, 0.1) is 0 Å². The number of carbonyl (C=O) groups is 1. The van der Waals surface area contributed by atoms with E-state index >= 15 is 0 Å². The van der Waals surface area contributed by atoms with Gasteiger partial charge < -0.3 is 16.0 Å². The average Bonchev–Trinajstić information content (AvgIpc) is 2.97. The summed E-state index contributed by atoms with van der Waals surface area (Å²) in [5.74, 6) is 0.827. The van der Waals surface area contributed by atoms with Gasteiger partial charge in [0.2, 0.25) is 5.91 Å². The lowest BCUT2D eigenvalue weighted by Crippen LogP contribution is -2.40. The van der Waals surface area contributed by atoms with Crippen LogP contribution in [0.4, 0.5) is 0 Å². The van der Waals surface area contributed by atoms with Crippen molar-refractivity contribution < 1.29 is 4.79 Å². The molecule has 1 atom stereocenters. The Bertz CT molecular complexity index is 437. The Kier molecular flexibility index (Phi) is 12.2. The zero-order valence-electron chi connectivity index (χ0n) is 13.5. The molecular weight excluding hydrogens is 411 g/mol. The van der Waals surface area contributed by atoms with Crippen LogP contribution in [-0.2, 0) is 11.3 Å². The topological polar surface area (TPSA) is 65.5 Å². The molecule has 0 aliphatic carbocycles. The largest absolute Gasteiger partial charge is 0.357 e. The molecule has 0 aliphatic rings. The minimum Gasteiger partial charge on any atom is -0.357 e. The Morgan fingerprint density at radius 2 is 2.14 bits per heavy atom. The zero-order chi connectivity index (χ0) is 15.5. The maximum atomic E-state index is 11.7. The summed E-state index contributed by atoms with van der Waals surface area (Å²) in [6.45, 7) is 8.14. The molecule has 0 saturated carbocycles. The first-order valence-electron chi connectivity index (χ1n) is 7.49. The fraction of sp³-hybridized carbons (Fsp3) is 0.600. The first kappa shape index (κ1) is 21.2. The number of aliphatic imine (C=N–C) groups is 1. The number of nitrogens with one attached hydrogen (secondary N) is 3. The number of carbonyl (C=O) groups excluding carboxylic acids is 1. The molecule has 1 aromatic rings. The van der Waals surface area contributed by atoms with Crippen LogP contribution in [0.3, 0.4) is 0 Å². The van der Waals surface area contributed by atoms with E-state index in [4.69, 9.17) is 0 Å². The second-order valence-corrected chi connectivity index (χ2v) is 5.86. The molecule has 0 aliphatic heterocycles. The minimum atomic E-state index is 0. The Labute approximate surface area is 154 Å². The Morgan fingerprint density at radius 3 is 2.73 bits per heavy atom. The lowest BCUT2D eigenvalue weighted by atomic mass is 10.2. The maximum Gasteiger partial charge on any atom is 0.221 e. The molecule has 0 radical (unpaired) electrons. The quantitative estimate of drug-likeness (QED) is 0.332. The van der Waals surface area contributed by atoms with Crippen molar-refractivity contribution in [2.75, 3.05) is 13.1 Å². The Balaban J connectivity index is 0.00000441. The van der Waals surface area contributed by atoms with Gasteiger partial charge in [-0.05, 0) is 31.7 Å². The van der Waals surface area contributed by atoms with Crippen molar-refractivity contribution in [1.82, 2.24) is 16.0 Å². The molecule has 1 unspecified atom stereocenters. The van der Waals surface area contributed by atoms with Gasteiger partial charge in [-0.15, -0.1) is 35.3 Å². The summed E-state index contributed by atoms with van der Waals surface area (Å²) in [6.07, 6.45) is 1.40. The van der Waals surface area contributed by atoms with Gasteiger partial charge in [-0.25, -0.2) is 4.99 Å². The third kappa shape index (κ3) is 9.24. The minimum absolute atomic E-state index is 0. The van der Waals surface area contributed by atoms with Crippen LogP contribution in [-0.4, -0.2) is 31.0 Å². The number of hydrogen-bond acceptors (Lipinski definition) is 3. The molecule has 1 heterocycles. The van der Waals surface area contributed by atoms with Crippen LogP contribution < -0.4 is 16.0 Å². The van der Waals surface area contributed by atoms with Gasteiger partial charge in [-0.3, -0.25) is 4.79 Å². The van der Waals surface area contributed by atoms with E-state index in [9.17, 15) is 4.79 Å². The molecule has 126 valence electrons. The third-order valence-corrected chi connectivity index (χ3v) is 3.84. The number of thiophene rings is 1. The fourth-order valence-electron chi connectivity index (χ4n) is 1.64. The number of halogens is 1. The monoisotopic (exact) mass is 438 g/mol. The van der Waals surface area contributed by atoms with E-state index in [0.29, 0.717) is 19.5 Å². The van der Waals surface area contributed by atoms with Gasteiger partial charge in [0.25, 0.3) is 0 Å². The van der Waals surface area contributed by atoms with Crippen molar-refractivity contribution in [3.8, 4) is 0 Å². The molecule has 1 amide bonds. The smallest absolute Gasteiger partial charge is 0.221 e. The highest BCUT2D eigenvalue weighted by Crippen LogP contribution is 2.09.